The van der Waals surface area contributed by atoms with E-state index in [-0.39, 0.29) is 5.69 Å². The van der Waals surface area contributed by atoms with Crippen LogP contribution < -0.4 is 4.74 Å². The van der Waals surface area contributed by atoms with Gasteiger partial charge < -0.3 is 4.74 Å². The standard InChI is InChI=1S/C12H9N5O3/c1-8-6-11(16-12(15-8)13-7-14-16)20-10-4-2-9(3-5-10)17(18)19/h2-7H,1H3. The second-order valence-electron chi connectivity index (χ2n) is 4.06. The largest absolute Gasteiger partial charge is 0.439 e. The molecule has 0 radical (unpaired) electrons. The second-order valence-corrected chi connectivity index (χ2v) is 4.06. The molecule has 0 saturated heterocycles. The van der Waals surface area contributed by atoms with Gasteiger partial charge in [-0.15, -0.1) is 0 Å². The first-order valence-electron chi connectivity index (χ1n) is 5.73. The van der Waals surface area contributed by atoms with E-state index < -0.39 is 4.92 Å². The van der Waals surface area contributed by atoms with Gasteiger partial charge in [0, 0.05) is 23.9 Å². The van der Waals surface area contributed by atoms with Gasteiger partial charge in [-0.25, -0.2) is 4.98 Å². The quantitative estimate of drug-likeness (QED) is 0.535. The fourth-order valence-corrected chi connectivity index (χ4v) is 1.73. The lowest BCUT2D eigenvalue weighted by Gasteiger charge is -2.07. The van der Waals surface area contributed by atoms with E-state index in [1.165, 1.54) is 35.1 Å². The number of non-ortho nitro benzene ring substituents is 1. The summed E-state index contributed by atoms with van der Waals surface area (Å²) in [4.78, 5) is 18.3. The Hall–Kier alpha value is -3.03. The summed E-state index contributed by atoms with van der Waals surface area (Å²) < 4.78 is 7.12. The predicted octanol–water partition coefficient (Wildman–Crippen LogP) is 2.13. The Morgan fingerprint density at radius 1 is 1.30 bits per heavy atom. The Morgan fingerprint density at radius 3 is 2.75 bits per heavy atom. The van der Waals surface area contributed by atoms with Crippen molar-refractivity contribution in [2.24, 2.45) is 0 Å². The van der Waals surface area contributed by atoms with Crippen LogP contribution in [0.2, 0.25) is 0 Å². The van der Waals surface area contributed by atoms with Crippen molar-refractivity contribution in [2.75, 3.05) is 0 Å². The molecule has 20 heavy (non-hydrogen) atoms. The molecular formula is C12H9N5O3. The number of aryl methyl sites for hydroxylation is 1. The fourth-order valence-electron chi connectivity index (χ4n) is 1.73. The molecule has 8 heteroatoms. The average Bonchev–Trinajstić information content (AvgIpc) is 2.87. The van der Waals surface area contributed by atoms with E-state index >= 15 is 0 Å². The molecule has 8 nitrogen and oxygen atoms in total. The third kappa shape index (κ3) is 2.14. The molecule has 0 amide bonds. The lowest BCUT2D eigenvalue weighted by atomic mass is 10.3. The van der Waals surface area contributed by atoms with Crippen molar-refractivity contribution < 1.29 is 9.66 Å². The molecule has 2 aromatic heterocycles. The van der Waals surface area contributed by atoms with Crippen LogP contribution in [0.25, 0.3) is 5.78 Å². The minimum atomic E-state index is -0.462. The first-order valence-corrected chi connectivity index (χ1v) is 5.73. The molecule has 0 atom stereocenters. The van der Waals surface area contributed by atoms with E-state index in [1.54, 1.807) is 6.07 Å². The predicted molar refractivity (Wildman–Crippen MR) is 68.7 cm³/mol. The summed E-state index contributed by atoms with van der Waals surface area (Å²) >= 11 is 0. The molecule has 0 spiro atoms. The molecule has 0 saturated carbocycles. The number of hydrogen-bond donors (Lipinski definition) is 0. The Bertz CT molecular complexity index is 781. The zero-order valence-corrected chi connectivity index (χ0v) is 10.4. The number of nitro benzene ring substituents is 1. The first kappa shape index (κ1) is 12.0. The smallest absolute Gasteiger partial charge is 0.269 e. The van der Waals surface area contributed by atoms with Crippen molar-refractivity contribution in [2.45, 2.75) is 6.92 Å². The van der Waals surface area contributed by atoms with Gasteiger partial charge in [0.1, 0.15) is 12.1 Å². The van der Waals surface area contributed by atoms with Crippen LogP contribution >= 0.6 is 0 Å². The minimum Gasteiger partial charge on any atom is -0.439 e. The normalized spacial score (nSPS) is 10.7. The van der Waals surface area contributed by atoms with Crippen molar-refractivity contribution in [3.63, 3.8) is 0 Å². The van der Waals surface area contributed by atoms with Crippen LogP contribution in [-0.4, -0.2) is 24.5 Å². The highest BCUT2D eigenvalue weighted by Crippen LogP contribution is 2.24. The third-order valence-electron chi connectivity index (χ3n) is 2.62. The number of nitrogens with zero attached hydrogens (tertiary/aromatic N) is 5. The molecule has 3 rings (SSSR count). The molecule has 0 aliphatic rings. The highest BCUT2D eigenvalue weighted by molar-refractivity contribution is 5.39. The number of aromatic nitrogens is 4. The van der Waals surface area contributed by atoms with Crippen molar-refractivity contribution in [1.29, 1.82) is 0 Å². The summed E-state index contributed by atoms with van der Waals surface area (Å²) in [6.07, 6.45) is 1.38. The number of nitro groups is 1. The number of hydrogen-bond acceptors (Lipinski definition) is 6. The van der Waals surface area contributed by atoms with E-state index in [2.05, 4.69) is 15.1 Å². The van der Waals surface area contributed by atoms with Gasteiger partial charge in [-0.3, -0.25) is 10.1 Å². The third-order valence-corrected chi connectivity index (χ3v) is 2.62. The van der Waals surface area contributed by atoms with Gasteiger partial charge in [-0.05, 0) is 19.1 Å². The van der Waals surface area contributed by atoms with Crippen LogP contribution in [0.4, 0.5) is 5.69 Å². The topological polar surface area (TPSA) is 95.5 Å². The summed E-state index contributed by atoms with van der Waals surface area (Å²) in [5.74, 6) is 1.35. The van der Waals surface area contributed by atoms with Gasteiger partial charge in [-0.2, -0.15) is 14.6 Å². The highest BCUT2D eigenvalue weighted by atomic mass is 16.6. The Labute approximate surface area is 112 Å². The molecule has 1 aromatic carbocycles. The fraction of sp³-hybridized carbons (Fsp3) is 0.0833. The van der Waals surface area contributed by atoms with E-state index in [1.807, 2.05) is 6.92 Å². The zero-order valence-electron chi connectivity index (χ0n) is 10.4. The van der Waals surface area contributed by atoms with Gasteiger partial charge in [-0.1, -0.05) is 0 Å². The van der Waals surface area contributed by atoms with E-state index in [9.17, 15) is 10.1 Å². The van der Waals surface area contributed by atoms with E-state index in [4.69, 9.17) is 4.74 Å². The van der Waals surface area contributed by atoms with Gasteiger partial charge in [0.25, 0.3) is 11.5 Å². The number of benzene rings is 1. The minimum absolute atomic E-state index is 0.00848. The molecule has 2 heterocycles. The second kappa shape index (κ2) is 4.57. The van der Waals surface area contributed by atoms with Crippen molar-refractivity contribution in [3.05, 3.63) is 52.5 Å². The number of ether oxygens (including phenoxy) is 1. The van der Waals surface area contributed by atoms with Gasteiger partial charge in [0.05, 0.1) is 4.92 Å². The maximum Gasteiger partial charge on any atom is 0.269 e. The molecule has 0 N–H and O–H groups in total. The average molecular weight is 271 g/mol. The molecule has 0 bridgehead atoms. The lowest BCUT2D eigenvalue weighted by molar-refractivity contribution is -0.384. The molecule has 100 valence electrons. The maximum absolute atomic E-state index is 10.6. The van der Waals surface area contributed by atoms with Gasteiger partial charge >= 0.3 is 0 Å². The summed E-state index contributed by atoms with van der Waals surface area (Å²) in [5, 5.41) is 14.6. The maximum atomic E-state index is 10.6. The number of fused-ring (bicyclic) bond motifs is 1. The van der Waals surface area contributed by atoms with Crippen LogP contribution in [0.3, 0.4) is 0 Å². The van der Waals surface area contributed by atoms with Crippen LogP contribution in [0.1, 0.15) is 5.69 Å². The summed E-state index contributed by atoms with van der Waals surface area (Å²) in [7, 11) is 0. The van der Waals surface area contributed by atoms with Crippen LogP contribution in [0.15, 0.2) is 36.7 Å². The molecule has 0 aliphatic heterocycles. The van der Waals surface area contributed by atoms with Crippen molar-refractivity contribution >= 4 is 11.5 Å². The molecule has 3 aromatic rings. The SMILES string of the molecule is Cc1cc(Oc2ccc([N+](=O)[O-])cc2)n2ncnc2n1. The lowest BCUT2D eigenvalue weighted by Crippen LogP contribution is -1.99. The van der Waals surface area contributed by atoms with Gasteiger partial charge in [0.15, 0.2) is 0 Å². The summed E-state index contributed by atoms with van der Waals surface area (Å²) in [5.41, 5.74) is 0.747. The van der Waals surface area contributed by atoms with E-state index in [0.717, 1.165) is 5.69 Å². The summed E-state index contributed by atoms with van der Waals surface area (Å²) in [6.45, 7) is 1.82. The van der Waals surface area contributed by atoms with Crippen LogP contribution in [0.5, 0.6) is 11.6 Å². The molecule has 0 fully saturated rings. The first-order chi connectivity index (χ1) is 9.63. The Balaban J connectivity index is 1.96. The van der Waals surface area contributed by atoms with Crippen molar-refractivity contribution in [3.8, 4) is 11.6 Å². The zero-order chi connectivity index (χ0) is 14.1. The van der Waals surface area contributed by atoms with Crippen molar-refractivity contribution in [1.82, 2.24) is 19.6 Å². The molecule has 0 unspecified atom stereocenters. The molecule has 0 aliphatic carbocycles. The number of rotatable bonds is 3. The van der Waals surface area contributed by atoms with Crippen LogP contribution in [0, 0.1) is 17.0 Å². The summed E-state index contributed by atoms with van der Waals surface area (Å²) in [6, 6.07) is 7.51. The van der Waals surface area contributed by atoms with E-state index in [0.29, 0.717) is 17.4 Å². The molecular weight excluding hydrogens is 262 g/mol. The highest BCUT2D eigenvalue weighted by Gasteiger charge is 2.09. The van der Waals surface area contributed by atoms with Crippen LogP contribution in [-0.2, 0) is 0 Å². The van der Waals surface area contributed by atoms with Gasteiger partial charge in [0.2, 0.25) is 5.88 Å². The Kier molecular flexibility index (Phi) is 2.75. The monoisotopic (exact) mass is 271 g/mol. The Morgan fingerprint density at radius 2 is 2.05 bits per heavy atom.